The summed E-state index contributed by atoms with van der Waals surface area (Å²) >= 11 is 0. The highest BCUT2D eigenvalue weighted by Crippen LogP contribution is 2.15. The Bertz CT molecular complexity index is 543. The van der Waals surface area contributed by atoms with Crippen molar-refractivity contribution >= 4 is 0 Å². The van der Waals surface area contributed by atoms with Crippen LogP contribution in [0.2, 0.25) is 0 Å². The van der Waals surface area contributed by atoms with E-state index in [4.69, 9.17) is 10.5 Å². The smallest absolute Gasteiger partial charge is 0.130 e. The van der Waals surface area contributed by atoms with Gasteiger partial charge in [-0.2, -0.15) is 5.10 Å². The first-order valence-electron chi connectivity index (χ1n) is 7.07. The van der Waals surface area contributed by atoms with Gasteiger partial charge in [0, 0.05) is 13.1 Å². The summed E-state index contributed by atoms with van der Waals surface area (Å²) in [6.07, 6.45) is 1.84. The van der Waals surface area contributed by atoms with Gasteiger partial charge in [-0.05, 0) is 43.5 Å². The van der Waals surface area contributed by atoms with Crippen LogP contribution in [0.5, 0.6) is 5.75 Å². The van der Waals surface area contributed by atoms with Crippen LogP contribution in [0.1, 0.15) is 30.8 Å². The van der Waals surface area contributed by atoms with E-state index in [1.807, 2.05) is 30.8 Å². The summed E-state index contributed by atoms with van der Waals surface area (Å²) in [5.41, 5.74) is 9.21. The minimum Gasteiger partial charge on any atom is -0.487 e. The molecule has 4 heteroatoms. The molecule has 4 nitrogen and oxygen atoms in total. The molecule has 2 aromatic rings. The zero-order valence-corrected chi connectivity index (χ0v) is 12.5. The highest BCUT2D eigenvalue weighted by Gasteiger charge is 2.05. The second-order valence-electron chi connectivity index (χ2n) is 5.22. The number of ether oxygens (including phenoxy) is 1. The van der Waals surface area contributed by atoms with Crippen molar-refractivity contribution in [3.8, 4) is 5.75 Å². The zero-order valence-electron chi connectivity index (χ0n) is 12.5. The quantitative estimate of drug-likeness (QED) is 0.879. The van der Waals surface area contributed by atoms with Crippen LogP contribution in [0.4, 0.5) is 0 Å². The summed E-state index contributed by atoms with van der Waals surface area (Å²) in [5, 5.41) is 4.41. The summed E-state index contributed by atoms with van der Waals surface area (Å²) in [7, 11) is 1.95. The first-order valence-corrected chi connectivity index (χ1v) is 7.07. The number of hydrogen-bond donors (Lipinski definition) is 1. The maximum atomic E-state index is 5.80. The van der Waals surface area contributed by atoms with E-state index in [0.717, 1.165) is 30.0 Å². The molecule has 0 aliphatic carbocycles. The van der Waals surface area contributed by atoms with Crippen molar-refractivity contribution in [1.82, 2.24) is 9.78 Å². The average molecular weight is 273 g/mol. The predicted molar refractivity (Wildman–Crippen MR) is 80.7 cm³/mol. The maximum absolute atomic E-state index is 5.80. The van der Waals surface area contributed by atoms with Gasteiger partial charge >= 0.3 is 0 Å². The van der Waals surface area contributed by atoms with Gasteiger partial charge in [-0.1, -0.05) is 19.1 Å². The number of nitrogens with two attached hydrogens (primary N) is 1. The molecule has 0 aliphatic rings. The third-order valence-electron chi connectivity index (χ3n) is 3.26. The zero-order chi connectivity index (χ0) is 14.5. The molecular formula is C16H23N3O. The van der Waals surface area contributed by atoms with Crippen LogP contribution in [0.3, 0.4) is 0 Å². The van der Waals surface area contributed by atoms with E-state index < -0.39 is 0 Å². The first-order chi connectivity index (χ1) is 9.58. The Kier molecular flexibility index (Phi) is 4.79. The van der Waals surface area contributed by atoms with Crippen molar-refractivity contribution in [2.24, 2.45) is 12.8 Å². The van der Waals surface area contributed by atoms with Crippen LogP contribution in [0, 0.1) is 0 Å². The second kappa shape index (κ2) is 6.57. The molecule has 0 amide bonds. The summed E-state index contributed by atoms with van der Waals surface area (Å²) in [6.45, 7) is 4.65. The van der Waals surface area contributed by atoms with E-state index >= 15 is 0 Å². The van der Waals surface area contributed by atoms with Crippen LogP contribution in [-0.2, 0) is 26.5 Å². The second-order valence-corrected chi connectivity index (χ2v) is 5.22. The van der Waals surface area contributed by atoms with E-state index in [1.165, 1.54) is 5.56 Å². The van der Waals surface area contributed by atoms with Crippen LogP contribution in [0.25, 0.3) is 0 Å². The number of nitrogens with zero attached hydrogens (tertiary/aromatic N) is 2. The fourth-order valence-corrected chi connectivity index (χ4v) is 2.13. The standard InChI is InChI=1S/C16H23N3O/c1-4-14-10-15(19(3)18-14)11-20-16-7-5-13(6-8-16)9-12(2)17/h5-8,10,12H,4,9,11,17H2,1-3H3. The topological polar surface area (TPSA) is 53.1 Å². The molecule has 1 atom stereocenters. The number of hydrogen-bond acceptors (Lipinski definition) is 3. The summed E-state index contributed by atoms with van der Waals surface area (Å²) < 4.78 is 7.68. The lowest BCUT2D eigenvalue weighted by Crippen LogP contribution is -2.17. The number of aryl methyl sites for hydroxylation is 2. The highest BCUT2D eigenvalue weighted by molar-refractivity contribution is 5.28. The lowest BCUT2D eigenvalue weighted by atomic mass is 10.1. The van der Waals surface area contributed by atoms with E-state index in [0.29, 0.717) is 6.61 Å². The molecule has 0 bridgehead atoms. The van der Waals surface area contributed by atoms with Crippen molar-refractivity contribution in [2.75, 3.05) is 0 Å². The van der Waals surface area contributed by atoms with Crippen LogP contribution in [0.15, 0.2) is 30.3 Å². The Morgan fingerprint density at radius 1 is 1.30 bits per heavy atom. The first kappa shape index (κ1) is 14.6. The molecule has 0 fully saturated rings. The molecule has 0 aliphatic heterocycles. The molecule has 0 radical (unpaired) electrons. The van der Waals surface area contributed by atoms with Crippen molar-refractivity contribution < 1.29 is 4.74 Å². The van der Waals surface area contributed by atoms with Gasteiger partial charge in [0.2, 0.25) is 0 Å². The van der Waals surface area contributed by atoms with Gasteiger partial charge in [0.15, 0.2) is 0 Å². The van der Waals surface area contributed by atoms with E-state index in [2.05, 4.69) is 30.2 Å². The SMILES string of the molecule is CCc1cc(COc2ccc(CC(C)N)cc2)n(C)n1. The van der Waals surface area contributed by atoms with Gasteiger partial charge in [-0.25, -0.2) is 0 Å². The van der Waals surface area contributed by atoms with Gasteiger partial charge in [0.25, 0.3) is 0 Å². The van der Waals surface area contributed by atoms with Gasteiger partial charge < -0.3 is 10.5 Å². The molecule has 0 spiro atoms. The predicted octanol–water partition coefficient (Wildman–Crippen LogP) is 2.45. The highest BCUT2D eigenvalue weighted by atomic mass is 16.5. The Labute approximate surface area is 120 Å². The van der Waals surface area contributed by atoms with Gasteiger partial charge in [-0.3, -0.25) is 4.68 Å². The van der Waals surface area contributed by atoms with Gasteiger partial charge in [0.05, 0.1) is 11.4 Å². The van der Waals surface area contributed by atoms with Crippen molar-refractivity contribution in [3.63, 3.8) is 0 Å². The van der Waals surface area contributed by atoms with Crippen molar-refractivity contribution in [3.05, 3.63) is 47.3 Å². The summed E-state index contributed by atoms with van der Waals surface area (Å²) in [5.74, 6) is 0.873. The molecular weight excluding hydrogens is 250 g/mol. The Hall–Kier alpha value is -1.81. The monoisotopic (exact) mass is 273 g/mol. The molecule has 20 heavy (non-hydrogen) atoms. The maximum Gasteiger partial charge on any atom is 0.130 e. The number of aromatic nitrogens is 2. The average Bonchev–Trinajstić information content (AvgIpc) is 2.78. The van der Waals surface area contributed by atoms with Crippen LogP contribution < -0.4 is 10.5 Å². The molecule has 2 N–H and O–H groups in total. The van der Waals surface area contributed by atoms with E-state index in [9.17, 15) is 0 Å². The molecule has 2 rings (SSSR count). The molecule has 0 saturated heterocycles. The Morgan fingerprint density at radius 2 is 2.00 bits per heavy atom. The molecule has 1 aromatic carbocycles. The lowest BCUT2D eigenvalue weighted by Gasteiger charge is -2.08. The van der Waals surface area contributed by atoms with Gasteiger partial charge in [-0.15, -0.1) is 0 Å². The van der Waals surface area contributed by atoms with Crippen LogP contribution in [-0.4, -0.2) is 15.8 Å². The third-order valence-corrected chi connectivity index (χ3v) is 3.26. The van der Waals surface area contributed by atoms with Crippen molar-refractivity contribution in [1.29, 1.82) is 0 Å². The minimum atomic E-state index is 0.184. The number of benzene rings is 1. The van der Waals surface area contributed by atoms with Crippen LogP contribution >= 0.6 is 0 Å². The van der Waals surface area contributed by atoms with E-state index in [-0.39, 0.29) is 6.04 Å². The van der Waals surface area contributed by atoms with Gasteiger partial charge in [0.1, 0.15) is 12.4 Å². The molecule has 0 saturated carbocycles. The minimum absolute atomic E-state index is 0.184. The van der Waals surface area contributed by atoms with Crippen molar-refractivity contribution in [2.45, 2.75) is 39.3 Å². The lowest BCUT2D eigenvalue weighted by molar-refractivity contribution is 0.295. The number of rotatable bonds is 6. The third kappa shape index (κ3) is 3.84. The molecule has 1 unspecified atom stereocenters. The molecule has 1 aromatic heterocycles. The Morgan fingerprint density at radius 3 is 2.55 bits per heavy atom. The normalized spacial score (nSPS) is 12.4. The largest absolute Gasteiger partial charge is 0.487 e. The summed E-state index contributed by atoms with van der Waals surface area (Å²) in [6, 6.07) is 10.4. The molecule has 108 valence electrons. The fraction of sp³-hybridized carbons (Fsp3) is 0.438. The fourth-order valence-electron chi connectivity index (χ4n) is 2.13. The molecule has 1 heterocycles. The Balaban J connectivity index is 1.94. The summed E-state index contributed by atoms with van der Waals surface area (Å²) in [4.78, 5) is 0. The van der Waals surface area contributed by atoms with E-state index in [1.54, 1.807) is 0 Å².